The van der Waals surface area contributed by atoms with E-state index in [1.165, 1.54) is 18.4 Å². The van der Waals surface area contributed by atoms with Crippen LogP contribution in [-0.4, -0.2) is 11.0 Å². The predicted octanol–water partition coefficient (Wildman–Crippen LogP) is 3.87. The summed E-state index contributed by atoms with van der Waals surface area (Å²) in [6.07, 6.45) is 2.36. The van der Waals surface area contributed by atoms with E-state index in [2.05, 4.69) is 39.1 Å². The highest BCUT2D eigenvalue weighted by Crippen LogP contribution is 2.22. The van der Waals surface area contributed by atoms with Gasteiger partial charge in [-0.2, -0.15) is 0 Å². The van der Waals surface area contributed by atoms with Crippen molar-refractivity contribution in [2.75, 3.05) is 5.32 Å². The molecule has 0 fully saturated rings. The SMILES string of the molecule is CCC(CC)C(C)Nc1cc(C)ccc1C(N)=S. The van der Waals surface area contributed by atoms with Gasteiger partial charge in [0.05, 0.1) is 0 Å². The zero-order chi connectivity index (χ0) is 13.7. The van der Waals surface area contributed by atoms with Crippen molar-refractivity contribution >= 4 is 22.9 Å². The van der Waals surface area contributed by atoms with Crippen LogP contribution in [0.15, 0.2) is 18.2 Å². The molecule has 1 aromatic carbocycles. The fraction of sp³-hybridized carbons (Fsp3) is 0.533. The van der Waals surface area contributed by atoms with Crippen LogP contribution in [0.4, 0.5) is 5.69 Å². The van der Waals surface area contributed by atoms with Crippen LogP contribution in [0.3, 0.4) is 0 Å². The Morgan fingerprint density at radius 1 is 1.33 bits per heavy atom. The number of aryl methyl sites for hydroxylation is 1. The summed E-state index contributed by atoms with van der Waals surface area (Å²) in [5.74, 6) is 0.671. The minimum Gasteiger partial charge on any atom is -0.389 e. The first kappa shape index (κ1) is 15.0. The quantitative estimate of drug-likeness (QED) is 0.766. The number of anilines is 1. The summed E-state index contributed by atoms with van der Waals surface area (Å²) >= 11 is 5.11. The minimum atomic E-state index is 0.426. The van der Waals surface area contributed by atoms with E-state index < -0.39 is 0 Å². The summed E-state index contributed by atoms with van der Waals surface area (Å²) in [4.78, 5) is 0.453. The highest BCUT2D eigenvalue weighted by Gasteiger charge is 2.15. The van der Waals surface area contributed by atoms with Gasteiger partial charge in [-0.1, -0.05) is 45.0 Å². The molecular weight excluding hydrogens is 240 g/mol. The van der Waals surface area contributed by atoms with Crippen LogP contribution >= 0.6 is 12.2 Å². The summed E-state index contributed by atoms with van der Waals surface area (Å²) in [6.45, 7) is 8.77. The van der Waals surface area contributed by atoms with E-state index in [0.29, 0.717) is 16.9 Å². The van der Waals surface area contributed by atoms with Crippen molar-refractivity contribution in [3.8, 4) is 0 Å². The number of benzene rings is 1. The molecule has 0 aliphatic carbocycles. The lowest BCUT2D eigenvalue weighted by molar-refractivity contribution is 0.438. The Morgan fingerprint density at radius 2 is 1.94 bits per heavy atom. The van der Waals surface area contributed by atoms with Crippen LogP contribution in [0.2, 0.25) is 0 Å². The van der Waals surface area contributed by atoms with Gasteiger partial charge >= 0.3 is 0 Å². The first-order valence-corrected chi connectivity index (χ1v) is 7.07. The first-order valence-electron chi connectivity index (χ1n) is 6.66. The van der Waals surface area contributed by atoms with E-state index in [9.17, 15) is 0 Å². The Labute approximate surface area is 116 Å². The Balaban J connectivity index is 2.95. The molecule has 3 N–H and O–H groups in total. The van der Waals surface area contributed by atoms with Gasteiger partial charge in [0, 0.05) is 17.3 Å². The van der Waals surface area contributed by atoms with Crippen LogP contribution in [0.25, 0.3) is 0 Å². The standard InChI is InChI=1S/C15H24N2S/c1-5-12(6-2)11(4)17-14-9-10(3)7-8-13(14)15(16)18/h7-9,11-12,17H,5-6H2,1-4H3,(H2,16,18). The van der Waals surface area contributed by atoms with Gasteiger partial charge in [0.15, 0.2) is 0 Å². The Bertz CT molecular complexity index is 411. The largest absolute Gasteiger partial charge is 0.389 e. The molecule has 0 amide bonds. The number of hydrogen-bond acceptors (Lipinski definition) is 2. The summed E-state index contributed by atoms with van der Waals surface area (Å²) in [5, 5.41) is 3.57. The molecule has 0 saturated carbocycles. The maximum atomic E-state index is 5.77. The van der Waals surface area contributed by atoms with Gasteiger partial charge in [0.1, 0.15) is 4.99 Å². The van der Waals surface area contributed by atoms with Crippen molar-refractivity contribution in [1.29, 1.82) is 0 Å². The highest BCUT2D eigenvalue weighted by atomic mass is 32.1. The average Bonchev–Trinajstić information content (AvgIpc) is 2.30. The van der Waals surface area contributed by atoms with Crippen LogP contribution in [-0.2, 0) is 0 Å². The van der Waals surface area contributed by atoms with E-state index in [4.69, 9.17) is 18.0 Å². The zero-order valence-corrected chi connectivity index (χ0v) is 12.6. The van der Waals surface area contributed by atoms with E-state index in [0.717, 1.165) is 11.3 Å². The molecule has 0 aliphatic heterocycles. The molecule has 1 rings (SSSR count). The molecule has 3 heteroatoms. The second-order valence-electron chi connectivity index (χ2n) is 4.92. The van der Waals surface area contributed by atoms with Crippen molar-refractivity contribution in [2.45, 2.75) is 46.6 Å². The second kappa shape index (κ2) is 6.74. The third-order valence-electron chi connectivity index (χ3n) is 3.58. The molecule has 1 aromatic rings. The molecule has 0 heterocycles. The molecule has 100 valence electrons. The lowest BCUT2D eigenvalue weighted by atomic mass is 9.95. The van der Waals surface area contributed by atoms with Crippen LogP contribution < -0.4 is 11.1 Å². The van der Waals surface area contributed by atoms with Gasteiger partial charge in [-0.3, -0.25) is 0 Å². The van der Waals surface area contributed by atoms with Gasteiger partial charge in [-0.25, -0.2) is 0 Å². The zero-order valence-electron chi connectivity index (χ0n) is 11.8. The molecular formula is C15H24N2S. The number of thiocarbonyl (C=S) groups is 1. The molecule has 1 atom stereocenters. The predicted molar refractivity (Wildman–Crippen MR) is 84.2 cm³/mol. The van der Waals surface area contributed by atoms with E-state index in [1.807, 2.05) is 12.1 Å². The van der Waals surface area contributed by atoms with Crippen molar-refractivity contribution in [1.82, 2.24) is 0 Å². The van der Waals surface area contributed by atoms with Crippen LogP contribution in [0.5, 0.6) is 0 Å². The van der Waals surface area contributed by atoms with Crippen molar-refractivity contribution < 1.29 is 0 Å². The lowest BCUT2D eigenvalue weighted by Crippen LogP contribution is -2.26. The fourth-order valence-electron chi connectivity index (χ4n) is 2.35. The first-order chi connectivity index (χ1) is 8.49. The lowest BCUT2D eigenvalue weighted by Gasteiger charge is -2.25. The second-order valence-corrected chi connectivity index (χ2v) is 5.36. The number of rotatable bonds is 6. The number of hydrogen-bond donors (Lipinski definition) is 2. The van der Waals surface area contributed by atoms with Crippen molar-refractivity contribution in [3.05, 3.63) is 29.3 Å². The van der Waals surface area contributed by atoms with Crippen LogP contribution in [0.1, 0.15) is 44.7 Å². The van der Waals surface area contributed by atoms with Crippen molar-refractivity contribution in [2.24, 2.45) is 11.7 Å². The molecule has 0 aliphatic rings. The monoisotopic (exact) mass is 264 g/mol. The molecule has 0 saturated heterocycles. The Hall–Kier alpha value is -1.09. The molecule has 0 bridgehead atoms. The molecule has 0 spiro atoms. The number of nitrogens with two attached hydrogens (primary N) is 1. The minimum absolute atomic E-state index is 0.426. The molecule has 1 unspecified atom stereocenters. The maximum Gasteiger partial charge on any atom is 0.106 e. The van der Waals surface area contributed by atoms with E-state index >= 15 is 0 Å². The van der Waals surface area contributed by atoms with Gasteiger partial charge in [-0.05, 0) is 37.5 Å². The van der Waals surface area contributed by atoms with E-state index in [1.54, 1.807) is 0 Å². The van der Waals surface area contributed by atoms with Gasteiger partial charge < -0.3 is 11.1 Å². The van der Waals surface area contributed by atoms with Gasteiger partial charge in [0.2, 0.25) is 0 Å². The summed E-state index contributed by atoms with van der Waals surface area (Å²) in [5.41, 5.74) is 8.99. The molecule has 0 radical (unpaired) electrons. The normalized spacial score (nSPS) is 12.5. The Kier molecular flexibility index (Phi) is 5.60. The molecule has 2 nitrogen and oxygen atoms in total. The fourth-order valence-corrected chi connectivity index (χ4v) is 2.53. The maximum absolute atomic E-state index is 5.77. The number of nitrogens with one attached hydrogen (secondary N) is 1. The van der Waals surface area contributed by atoms with Crippen LogP contribution in [0, 0.1) is 12.8 Å². The third kappa shape index (κ3) is 3.70. The van der Waals surface area contributed by atoms with Gasteiger partial charge in [-0.15, -0.1) is 0 Å². The van der Waals surface area contributed by atoms with Gasteiger partial charge in [0.25, 0.3) is 0 Å². The molecule has 0 aromatic heterocycles. The smallest absolute Gasteiger partial charge is 0.106 e. The average molecular weight is 264 g/mol. The Morgan fingerprint density at radius 3 is 2.44 bits per heavy atom. The topological polar surface area (TPSA) is 38.0 Å². The molecule has 18 heavy (non-hydrogen) atoms. The highest BCUT2D eigenvalue weighted by molar-refractivity contribution is 7.80. The third-order valence-corrected chi connectivity index (χ3v) is 3.80. The van der Waals surface area contributed by atoms with Crippen molar-refractivity contribution in [3.63, 3.8) is 0 Å². The summed E-state index contributed by atoms with van der Waals surface area (Å²) in [6, 6.07) is 6.59. The summed E-state index contributed by atoms with van der Waals surface area (Å²) < 4.78 is 0. The summed E-state index contributed by atoms with van der Waals surface area (Å²) in [7, 11) is 0. The van der Waals surface area contributed by atoms with E-state index in [-0.39, 0.29) is 0 Å².